The lowest BCUT2D eigenvalue weighted by molar-refractivity contribution is -0.530. The van der Waals surface area contributed by atoms with E-state index in [2.05, 4.69) is 9.97 Å². The molecule has 1 N–H and O–H groups in total. The first kappa shape index (κ1) is 12.4. The fourth-order valence-corrected chi connectivity index (χ4v) is 1.46. The van der Waals surface area contributed by atoms with Gasteiger partial charge in [-0.3, -0.25) is 0 Å². The number of aromatic nitrogens is 2. The largest absolute Gasteiger partial charge is 0.623 e. The number of aromatic amines is 1. The summed E-state index contributed by atoms with van der Waals surface area (Å²) in [4.78, 5) is 7.45. The van der Waals surface area contributed by atoms with Crippen LogP contribution in [0.2, 0.25) is 0 Å². The zero-order valence-electron chi connectivity index (χ0n) is 10.8. The molecule has 0 atom stereocenters. The molecule has 4 heteroatoms. The third kappa shape index (κ3) is 2.77. The van der Waals surface area contributed by atoms with Gasteiger partial charge in [-0.2, -0.15) is 0 Å². The van der Waals surface area contributed by atoms with Crippen LogP contribution >= 0.6 is 0 Å². The molecule has 0 unspecified atom stereocenters. The molecule has 0 aliphatic carbocycles. The van der Waals surface area contributed by atoms with Crippen LogP contribution in [0.25, 0.3) is 11.4 Å². The third-order valence-electron chi connectivity index (χ3n) is 2.56. The Bertz CT molecular complexity index is 550. The Labute approximate surface area is 107 Å². The van der Waals surface area contributed by atoms with Crippen molar-refractivity contribution < 1.29 is 4.74 Å². The smallest absolute Gasteiger partial charge is 0.202 e. The molecule has 0 saturated carbocycles. The van der Waals surface area contributed by atoms with E-state index in [4.69, 9.17) is 0 Å². The van der Waals surface area contributed by atoms with E-state index in [0.29, 0.717) is 5.69 Å². The Morgan fingerprint density at radius 2 is 1.89 bits per heavy atom. The van der Waals surface area contributed by atoms with Gasteiger partial charge in [0, 0.05) is 32.5 Å². The monoisotopic (exact) mass is 243 g/mol. The highest BCUT2D eigenvalue weighted by molar-refractivity contribution is 5.74. The summed E-state index contributed by atoms with van der Waals surface area (Å²) in [6, 6.07) is 9.81. The zero-order chi connectivity index (χ0) is 13.2. The molecule has 4 nitrogen and oxygen atoms in total. The molecule has 2 aromatic rings. The van der Waals surface area contributed by atoms with Gasteiger partial charge >= 0.3 is 0 Å². The van der Waals surface area contributed by atoms with Crippen LogP contribution in [0.1, 0.15) is 26.5 Å². The molecular formula is C14H17N3O. The lowest BCUT2D eigenvalue weighted by Gasteiger charge is -2.17. The number of nitrogens with one attached hydrogen (secondary N) is 1. The molecule has 18 heavy (non-hydrogen) atoms. The molecular weight excluding hydrogens is 226 g/mol. The fourth-order valence-electron chi connectivity index (χ4n) is 1.46. The molecule has 0 amide bonds. The van der Waals surface area contributed by atoms with E-state index < -0.39 is 5.54 Å². The van der Waals surface area contributed by atoms with Crippen molar-refractivity contribution in [3.63, 3.8) is 0 Å². The summed E-state index contributed by atoms with van der Waals surface area (Å²) in [5, 5.41) is 11.8. The first-order valence-corrected chi connectivity index (χ1v) is 5.89. The van der Waals surface area contributed by atoms with Gasteiger partial charge < -0.3 is 10.2 Å². The molecule has 2 rings (SSSR count). The second-order valence-electron chi connectivity index (χ2n) is 5.17. The van der Waals surface area contributed by atoms with Gasteiger partial charge in [-0.15, -0.1) is 0 Å². The van der Waals surface area contributed by atoms with Crippen LogP contribution in [0.4, 0.5) is 0 Å². The van der Waals surface area contributed by atoms with Gasteiger partial charge in [0.15, 0.2) is 5.54 Å². The minimum atomic E-state index is -0.453. The standard InChI is InChI=1S/C14H17N3O/c1-14(2,3)17(18)10-12-9-15-13(16-12)11-7-5-4-6-8-11/h4-10H,1-3H3,(H,15,16)/b17-10-. The first-order valence-electron chi connectivity index (χ1n) is 5.89. The number of imidazole rings is 1. The van der Waals surface area contributed by atoms with Crippen molar-refractivity contribution in [2.45, 2.75) is 26.3 Å². The average Bonchev–Trinajstić information content (AvgIpc) is 2.77. The highest BCUT2D eigenvalue weighted by Crippen LogP contribution is 2.14. The topological polar surface area (TPSA) is 54.8 Å². The number of hydroxylamine groups is 1. The number of rotatable bonds is 2. The highest BCUT2D eigenvalue weighted by atomic mass is 16.5. The van der Waals surface area contributed by atoms with E-state index in [1.807, 2.05) is 51.1 Å². The van der Waals surface area contributed by atoms with Crippen molar-refractivity contribution in [2.75, 3.05) is 0 Å². The van der Waals surface area contributed by atoms with E-state index in [1.165, 1.54) is 6.21 Å². The summed E-state index contributed by atoms with van der Waals surface area (Å²) in [7, 11) is 0. The second-order valence-corrected chi connectivity index (χ2v) is 5.17. The van der Waals surface area contributed by atoms with Gasteiger partial charge in [0.2, 0.25) is 6.21 Å². The number of benzene rings is 1. The highest BCUT2D eigenvalue weighted by Gasteiger charge is 2.18. The molecule has 1 heterocycles. The lowest BCUT2D eigenvalue weighted by atomic mass is 10.1. The zero-order valence-corrected chi connectivity index (χ0v) is 10.8. The second kappa shape index (κ2) is 4.64. The van der Waals surface area contributed by atoms with Crippen molar-refractivity contribution >= 4 is 6.21 Å². The quantitative estimate of drug-likeness (QED) is 0.381. The summed E-state index contributed by atoms with van der Waals surface area (Å²) < 4.78 is 0.915. The summed E-state index contributed by atoms with van der Waals surface area (Å²) >= 11 is 0. The normalized spacial score (nSPS) is 12.7. The minimum absolute atomic E-state index is 0.453. The van der Waals surface area contributed by atoms with Crippen LogP contribution in [0.15, 0.2) is 36.5 Å². The Morgan fingerprint density at radius 1 is 1.22 bits per heavy atom. The molecule has 0 spiro atoms. The predicted octanol–water partition coefficient (Wildman–Crippen LogP) is 2.80. The maximum absolute atomic E-state index is 11.8. The number of hydrogen-bond acceptors (Lipinski definition) is 2. The Hall–Kier alpha value is -2.10. The van der Waals surface area contributed by atoms with Gasteiger partial charge in [0.05, 0.1) is 0 Å². The van der Waals surface area contributed by atoms with Crippen molar-refractivity contribution in [2.24, 2.45) is 0 Å². The third-order valence-corrected chi connectivity index (χ3v) is 2.56. The van der Waals surface area contributed by atoms with E-state index in [1.54, 1.807) is 6.20 Å². The number of H-pyrrole nitrogens is 1. The van der Waals surface area contributed by atoms with E-state index >= 15 is 0 Å². The Morgan fingerprint density at radius 3 is 2.50 bits per heavy atom. The summed E-state index contributed by atoms with van der Waals surface area (Å²) in [5.41, 5.74) is 1.19. The van der Waals surface area contributed by atoms with Crippen molar-refractivity contribution in [3.8, 4) is 11.4 Å². The number of hydrogen-bond donors (Lipinski definition) is 1. The van der Waals surface area contributed by atoms with Crippen LogP contribution in [0, 0.1) is 5.21 Å². The average molecular weight is 243 g/mol. The van der Waals surface area contributed by atoms with Gasteiger partial charge in [-0.1, -0.05) is 30.3 Å². The molecule has 0 saturated heterocycles. The molecule has 0 fully saturated rings. The van der Waals surface area contributed by atoms with Crippen LogP contribution in [0.3, 0.4) is 0 Å². The molecule has 0 bridgehead atoms. The van der Waals surface area contributed by atoms with Crippen molar-refractivity contribution in [1.29, 1.82) is 0 Å². The van der Waals surface area contributed by atoms with Gasteiger partial charge in [0.1, 0.15) is 11.5 Å². The minimum Gasteiger partial charge on any atom is -0.623 e. The summed E-state index contributed by atoms with van der Waals surface area (Å²) in [6.07, 6.45) is 3.24. The molecule has 0 aliphatic heterocycles. The van der Waals surface area contributed by atoms with Crippen LogP contribution in [-0.4, -0.2) is 26.5 Å². The maximum atomic E-state index is 11.8. The van der Waals surface area contributed by atoms with Crippen molar-refractivity contribution in [1.82, 2.24) is 9.97 Å². The first-order chi connectivity index (χ1) is 8.47. The Kier molecular flexibility index (Phi) is 3.19. The lowest BCUT2D eigenvalue weighted by Crippen LogP contribution is -2.29. The molecule has 0 aliphatic rings. The van der Waals surface area contributed by atoms with Crippen LogP contribution in [0.5, 0.6) is 0 Å². The predicted molar refractivity (Wildman–Crippen MR) is 72.6 cm³/mol. The van der Waals surface area contributed by atoms with Crippen molar-refractivity contribution in [3.05, 3.63) is 47.4 Å². The fraction of sp³-hybridized carbons (Fsp3) is 0.286. The van der Waals surface area contributed by atoms with Gasteiger partial charge in [-0.05, 0) is 0 Å². The Balaban J connectivity index is 2.27. The number of nitrogens with zero attached hydrogens (tertiary/aromatic N) is 2. The van der Waals surface area contributed by atoms with E-state index in [0.717, 1.165) is 16.1 Å². The van der Waals surface area contributed by atoms with Gasteiger partial charge in [0.25, 0.3) is 0 Å². The summed E-state index contributed by atoms with van der Waals surface area (Å²) in [6.45, 7) is 5.59. The molecule has 1 aromatic heterocycles. The SMILES string of the molecule is CC(C)(C)/[N+]([O-])=C/c1c[nH]c(-c2ccccc2)n1. The van der Waals surface area contributed by atoms with E-state index in [-0.39, 0.29) is 0 Å². The maximum Gasteiger partial charge on any atom is 0.202 e. The van der Waals surface area contributed by atoms with E-state index in [9.17, 15) is 5.21 Å². The summed E-state index contributed by atoms with van der Waals surface area (Å²) in [5.74, 6) is 0.768. The molecule has 94 valence electrons. The van der Waals surface area contributed by atoms with Crippen LogP contribution < -0.4 is 0 Å². The molecule has 0 radical (unpaired) electrons. The molecule has 1 aromatic carbocycles. The van der Waals surface area contributed by atoms with Crippen LogP contribution in [-0.2, 0) is 0 Å². The van der Waals surface area contributed by atoms with Gasteiger partial charge in [-0.25, -0.2) is 9.72 Å².